The van der Waals surface area contributed by atoms with E-state index in [2.05, 4.69) is 47.4 Å². The SMILES string of the molecule is Cc1cc(-n2nc3c(c2-n2ccn(-c4ccc5c(ccn5CC5(C)COC5)c4F)c2=O)[C@H](C)N(C(=O)c2cc4cc(C5CCOCC5)ccc4n2[C@@]2(C4NOC(=O)N4)C[C@@H]2C)CC3)cc(C)c1F. The minimum Gasteiger partial charge on any atom is -0.381 e. The first-order valence-corrected chi connectivity index (χ1v) is 23.6. The van der Waals surface area contributed by atoms with E-state index in [4.69, 9.17) is 19.4 Å². The summed E-state index contributed by atoms with van der Waals surface area (Å²) in [4.78, 5) is 50.0. The molecule has 1 unspecified atom stereocenters. The van der Waals surface area contributed by atoms with Gasteiger partial charge in [-0.3, -0.25) is 19.2 Å². The van der Waals surface area contributed by atoms with Crippen LogP contribution >= 0.6 is 0 Å². The Bertz CT molecular complexity index is 3270. The van der Waals surface area contributed by atoms with Crippen LogP contribution in [0.15, 0.2) is 78.0 Å². The highest BCUT2D eigenvalue weighted by Gasteiger charge is 2.62. The van der Waals surface area contributed by atoms with Crippen LogP contribution in [0.4, 0.5) is 13.6 Å². The van der Waals surface area contributed by atoms with Crippen molar-refractivity contribution in [1.29, 1.82) is 0 Å². The summed E-state index contributed by atoms with van der Waals surface area (Å²) >= 11 is 0. The topological polar surface area (TPSA) is 144 Å². The Morgan fingerprint density at radius 3 is 2.32 bits per heavy atom. The first-order valence-electron chi connectivity index (χ1n) is 23.6. The van der Waals surface area contributed by atoms with Crippen LogP contribution in [0.5, 0.6) is 0 Å². The summed E-state index contributed by atoms with van der Waals surface area (Å²) in [6.45, 7) is 13.2. The van der Waals surface area contributed by atoms with Gasteiger partial charge in [0.2, 0.25) is 0 Å². The van der Waals surface area contributed by atoms with Crippen LogP contribution in [0.1, 0.15) is 90.4 Å². The number of halogens is 2. The van der Waals surface area contributed by atoms with Crippen molar-refractivity contribution in [2.24, 2.45) is 11.3 Å². The number of hydrogen-bond donors (Lipinski definition) is 2. The minimum absolute atomic E-state index is 0.0388. The molecule has 68 heavy (non-hydrogen) atoms. The third kappa shape index (κ3) is 6.45. The van der Waals surface area contributed by atoms with E-state index in [-0.39, 0.29) is 28.7 Å². The Morgan fingerprint density at radius 2 is 1.63 bits per heavy atom. The number of nitrogens with zero attached hydrogens (tertiary/aromatic N) is 7. The monoisotopic (exact) mass is 925 g/mol. The Labute approximate surface area is 390 Å². The Kier molecular flexibility index (Phi) is 9.74. The zero-order chi connectivity index (χ0) is 47.0. The molecular formula is C51H53F2N9O6. The molecule has 5 aliphatic rings. The van der Waals surface area contributed by atoms with E-state index in [1.807, 2.05) is 34.7 Å². The van der Waals surface area contributed by atoms with Crippen molar-refractivity contribution in [2.45, 2.75) is 90.5 Å². The van der Waals surface area contributed by atoms with Crippen molar-refractivity contribution in [3.05, 3.63) is 129 Å². The average molecular weight is 926 g/mol. The van der Waals surface area contributed by atoms with E-state index < -0.39 is 35.3 Å². The number of rotatable bonds is 9. The smallest absolute Gasteiger partial charge is 0.381 e. The number of fused-ring (bicyclic) bond motifs is 3. The number of nitrogens with one attached hydrogen (secondary N) is 2. The molecule has 0 spiro atoms. The maximum atomic E-state index is 16.7. The molecule has 4 aromatic heterocycles. The quantitative estimate of drug-likeness (QED) is 0.151. The van der Waals surface area contributed by atoms with Crippen molar-refractivity contribution < 1.29 is 32.7 Å². The van der Waals surface area contributed by atoms with Crippen LogP contribution in [-0.4, -0.2) is 84.1 Å². The molecule has 4 fully saturated rings. The molecular weight excluding hydrogens is 873 g/mol. The third-order valence-electron chi connectivity index (χ3n) is 15.5. The predicted octanol–water partition coefficient (Wildman–Crippen LogP) is 7.61. The second kappa shape index (κ2) is 15.5. The molecule has 2 N–H and O–H groups in total. The Hall–Kier alpha value is -6.56. The van der Waals surface area contributed by atoms with Crippen LogP contribution in [0.3, 0.4) is 0 Å². The van der Waals surface area contributed by atoms with Crippen LogP contribution in [0, 0.1) is 36.8 Å². The molecule has 8 heterocycles. The number of hydrogen-bond acceptors (Lipinski definition) is 8. The fraction of sp³-hybridized carbons (Fsp3) is 0.412. The van der Waals surface area contributed by atoms with E-state index in [0.29, 0.717) is 103 Å². The van der Waals surface area contributed by atoms with Crippen LogP contribution < -0.4 is 16.5 Å². The van der Waals surface area contributed by atoms with Crippen molar-refractivity contribution in [3.8, 4) is 17.2 Å². The lowest BCUT2D eigenvalue weighted by molar-refractivity contribution is -0.109. The number of benzene rings is 3. The normalized spacial score (nSPS) is 23.5. The first-order chi connectivity index (χ1) is 32.7. The third-order valence-corrected chi connectivity index (χ3v) is 15.5. The molecule has 4 aliphatic heterocycles. The summed E-state index contributed by atoms with van der Waals surface area (Å²) < 4.78 is 51.5. The van der Waals surface area contributed by atoms with Gasteiger partial charge in [-0.1, -0.05) is 19.9 Å². The van der Waals surface area contributed by atoms with Gasteiger partial charge in [0.1, 0.15) is 23.5 Å². The van der Waals surface area contributed by atoms with E-state index in [0.717, 1.165) is 29.3 Å². The van der Waals surface area contributed by atoms with Crippen molar-refractivity contribution in [1.82, 2.24) is 43.7 Å². The van der Waals surface area contributed by atoms with E-state index in [1.165, 1.54) is 14.7 Å². The fourth-order valence-corrected chi connectivity index (χ4v) is 11.7. The van der Waals surface area contributed by atoms with Gasteiger partial charge in [0.15, 0.2) is 5.82 Å². The number of amides is 2. The van der Waals surface area contributed by atoms with Gasteiger partial charge in [-0.2, -0.15) is 5.10 Å². The number of aryl methyl sites for hydroxylation is 2. The summed E-state index contributed by atoms with van der Waals surface area (Å²) in [5.41, 5.74) is 7.61. The second-order valence-corrected chi connectivity index (χ2v) is 20.1. The molecule has 4 atom stereocenters. The van der Waals surface area contributed by atoms with E-state index in [1.54, 1.807) is 55.2 Å². The van der Waals surface area contributed by atoms with Crippen molar-refractivity contribution in [3.63, 3.8) is 0 Å². The molecule has 352 valence electrons. The van der Waals surface area contributed by atoms with Gasteiger partial charge in [-0.15, -0.1) is 5.48 Å². The van der Waals surface area contributed by atoms with Gasteiger partial charge < -0.3 is 28.3 Å². The zero-order valence-corrected chi connectivity index (χ0v) is 38.6. The number of carbonyl (C=O) groups is 2. The molecule has 3 saturated heterocycles. The van der Waals surface area contributed by atoms with Gasteiger partial charge >= 0.3 is 11.8 Å². The van der Waals surface area contributed by atoms with Gasteiger partial charge in [-0.25, -0.2) is 23.1 Å². The molecule has 1 aliphatic carbocycles. The molecule has 12 rings (SSSR count). The average Bonchev–Trinajstić information content (AvgIpc) is 3.96. The van der Waals surface area contributed by atoms with E-state index in [9.17, 15) is 9.59 Å². The number of hydroxylamine groups is 1. The molecule has 0 bridgehead atoms. The molecule has 7 aromatic rings. The highest BCUT2D eigenvalue weighted by atomic mass is 19.1. The maximum Gasteiger partial charge on any atom is 0.427 e. The van der Waals surface area contributed by atoms with Crippen LogP contribution in [0.2, 0.25) is 0 Å². The summed E-state index contributed by atoms with van der Waals surface area (Å²) in [7, 11) is 0. The van der Waals surface area contributed by atoms with E-state index >= 15 is 13.6 Å². The lowest BCUT2D eigenvalue weighted by Gasteiger charge is -2.38. The number of carbonyl (C=O) groups excluding carboxylic acids is 2. The lowest BCUT2D eigenvalue weighted by Crippen LogP contribution is -2.49. The summed E-state index contributed by atoms with van der Waals surface area (Å²) in [6.07, 6.45) is 6.70. The predicted molar refractivity (Wildman–Crippen MR) is 248 cm³/mol. The highest BCUT2D eigenvalue weighted by molar-refractivity contribution is 6.00. The second-order valence-electron chi connectivity index (χ2n) is 20.1. The lowest BCUT2D eigenvalue weighted by atomic mass is 9.88. The Morgan fingerprint density at radius 1 is 0.897 bits per heavy atom. The maximum absolute atomic E-state index is 16.7. The van der Waals surface area contributed by atoms with Gasteiger partial charge in [0.25, 0.3) is 5.91 Å². The zero-order valence-electron chi connectivity index (χ0n) is 38.6. The van der Waals surface area contributed by atoms with Crippen molar-refractivity contribution >= 4 is 33.8 Å². The summed E-state index contributed by atoms with van der Waals surface area (Å²) in [5, 5.41) is 9.35. The highest BCUT2D eigenvalue weighted by Crippen LogP contribution is 2.55. The van der Waals surface area contributed by atoms with Gasteiger partial charge in [-0.05, 0) is 117 Å². The summed E-state index contributed by atoms with van der Waals surface area (Å²) in [6, 6.07) is 16.3. The van der Waals surface area contributed by atoms with Crippen molar-refractivity contribution in [2.75, 3.05) is 33.0 Å². The van der Waals surface area contributed by atoms with Gasteiger partial charge in [0, 0.05) is 78.6 Å². The molecule has 2 amide bonds. The molecule has 3 aromatic carbocycles. The molecule has 0 radical (unpaired) electrons. The molecule has 17 heteroatoms. The first kappa shape index (κ1) is 42.8. The fourth-order valence-electron chi connectivity index (χ4n) is 11.7. The molecule has 1 saturated carbocycles. The number of ether oxygens (including phenoxy) is 2. The molecule has 15 nitrogen and oxygen atoms in total. The summed E-state index contributed by atoms with van der Waals surface area (Å²) in [5.74, 6) is -0.324. The largest absolute Gasteiger partial charge is 0.427 e. The Balaban J connectivity index is 0.972. The standard InChI is InChI=1S/C51H53F2N9O6/c1-28-20-35(21-29(2)43(28)52)62-45(60-17-16-59(49(60)65)40-9-8-39-36(44(40)53)10-14-57(39)25-50(5)26-67-27-50)42-31(4)58(15-11-37(42)55-62)46(63)41-23-34-22-33(32-12-18-66-19-13-32)6-7-38(34)61(41)51(24-30(51)3)47-54-48(64)68-56-47/h6-10,14,16-17,20-23,30-32,47,56H,11-13,15,18-19,24-27H2,1-5H3,(H,54,64)/t30-,31-,47?,51-/m0/s1. The number of aromatic nitrogens is 6. The minimum atomic E-state index is -0.710. The number of imidazole rings is 1. The van der Waals surface area contributed by atoms with Crippen LogP contribution in [0.25, 0.3) is 39.0 Å². The van der Waals surface area contributed by atoms with Gasteiger partial charge in [0.05, 0.1) is 47.4 Å². The van der Waals surface area contributed by atoms with Crippen LogP contribution in [-0.2, 0) is 32.8 Å².